The number of hydrogen-bond acceptors (Lipinski definition) is 11. The second kappa shape index (κ2) is 17.2. The molecule has 1 unspecified atom stereocenters. The Kier molecular flexibility index (Phi) is 12.0. The van der Waals surface area contributed by atoms with Gasteiger partial charge in [0.1, 0.15) is 35.2 Å². The Morgan fingerprint density at radius 1 is 0.945 bits per heavy atom. The molecule has 3 N–H and O–H groups in total. The van der Waals surface area contributed by atoms with Crippen molar-refractivity contribution in [2.45, 2.75) is 43.8 Å². The Morgan fingerprint density at radius 3 is 2.20 bits per heavy atom. The fourth-order valence-electron chi connectivity index (χ4n) is 6.31. The highest BCUT2D eigenvalue weighted by Gasteiger charge is 2.42. The molecule has 15 nitrogen and oxygen atoms in total. The Balaban J connectivity index is 1.17. The minimum absolute atomic E-state index is 0.0619. The number of benzene rings is 4. The topological polar surface area (TPSA) is 193 Å². The number of aromatic amines is 1. The molecule has 0 spiro atoms. The van der Waals surface area contributed by atoms with Crippen LogP contribution in [0.15, 0.2) is 119 Å². The molecule has 1 amide bonds. The van der Waals surface area contributed by atoms with Gasteiger partial charge >= 0.3 is 11.8 Å². The van der Waals surface area contributed by atoms with Gasteiger partial charge in [0.15, 0.2) is 0 Å². The van der Waals surface area contributed by atoms with Crippen LogP contribution < -0.4 is 30.8 Å². The van der Waals surface area contributed by atoms with E-state index in [4.69, 9.17) is 23.7 Å². The smallest absolute Gasteiger partial charge is 0.412 e. The highest BCUT2D eigenvalue weighted by Crippen LogP contribution is 2.42. The number of aryl methyl sites for hydroxylation is 1. The number of nitrogens with one attached hydrogen (secondary N) is 2. The van der Waals surface area contributed by atoms with Crippen LogP contribution in [0.4, 0.5) is 10.5 Å². The number of non-ortho nitro benzene ring substituents is 1. The summed E-state index contributed by atoms with van der Waals surface area (Å²) in [5.74, 6) is 1.41. The SMILES string of the molecule is COc1ccc(C(OC[C@H]2O[C@@H](n3cc(C)c(=O)[nH]c3=O)C[C@H]2O)(c2ccccc2)c2ccc(OCCCNC(=O)Oc3ccc([N+](=O)[O-])cc3)cc2)cc1. The molecule has 2 heterocycles. The highest BCUT2D eigenvalue weighted by molar-refractivity contribution is 5.70. The molecule has 0 aliphatic carbocycles. The fraction of sp³-hybridized carbons (Fsp3) is 0.275. The molecular formula is C40H40N4O11. The number of aromatic nitrogens is 2. The molecule has 1 aliphatic heterocycles. The summed E-state index contributed by atoms with van der Waals surface area (Å²) in [6, 6.07) is 29.7. The zero-order valence-electron chi connectivity index (χ0n) is 30.1. The van der Waals surface area contributed by atoms with Crippen molar-refractivity contribution in [1.82, 2.24) is 14.9 Å². The van der Waals surface area contributed by atoms with Gasteiger partial charge in [-0.2, -0.15) is 0 Å². The van der Waals surface area contributed by atoms with Crippen molar-refractivity contribution in [3.8, 4) is 17.2 Å². The molecule has 1 aromatic heterocycles. The van der Waals surface area contributed by atoms with E-state index in [9.17, 15) is 29.6 Å². The molecular weight excluding hydrogens is 712 g/mol. The first kappa shape index (κ1) is 38.4. The van der Waals surface area contributed by atoms with Crippen molar-refractivity contribution in [1.29, 1.82) is 0 Å². The second-order valence-corrected chi connectivity index (χ2v) is 12.8. The van der Waals surface area contributed by atoms with Crippen molar-refractivity contribution in [3.05, 3.63) is 163 Å². The van der Waals surface area contributed by atoms with Crippen LogP contribution in [0.5, 0.6) is 17.2 Å². The number of hydrogen-bond donors (Lipinski definition) is 3. The maximum absolute atomic E-state index is 12.6. The molecule has 5 aromatic rings. The van der Waals surface area contributed by atoms with E-state index in [2.05, 4.69) is 10.3 Å². The lowest BCUT2D eigenvalue weighted by molar-refractivity contribution is -0.384. The molecule has 15 heteroatoms. The van der Waals surface area contributed by atoms with Crippen molar-refractivity contribution in [2.75, 3.05) is 26.9 Å². The first-order valence-corrected chi connectivity index (χ1v) is 17.5. The maximum Gasteiger partial charge on any atom is 0.412 e. The summed E-state index contributed by atoms with van der Waals surface area (Å²) in [7, 11) is 1.59. The summed E-state index contributed by atoms with van der Waals surface area (Å²) >= 11 is 0. The molecule has 0 saturated carbocycles. The van der Waals surface area contributed by atoms with Gasteiger partial charge in [0.2, 0.25) is 0 Å². The fourth-order valence-corrected chi connectivity index (χ4v) is 6.31. The molecule has 1 fully saturated rings. The first-order valence-electron chi connectivity index (χ1n) is 17.5. The average molecular weight is 753 g/mol. The van der Waals surface area contributed by atoms with E-state index in [0.717, 1.165) is 16.7 Å². The molecule has 0 radical (unpaired) electrons. The average Bonchev–Trinajstić information content (AvgIpc) is 3.57. The number of H-pyrrole nitrogens is 1. The quantitative estimate of drug-likeness (QED) is 0.0566. The number of nitrogens with zero attached hydrogens (tertiary/aromatic N) is 2. The van der Waals surface area contributed by atoms with E-state index >= 15 is 0 Å². The summed E-state index contributed by atoms with van der Waals surface area (Å²) < 4.78 is 30.9. The number of carbonyl (C=O) groups is 1. The van der Waals surface area contributed by atoms with Gasteiger partial charge in [0.05, 0.1) is 31.4 Å². The number of methoxy groups -OCH3 is 1. The molecule has 55 heavy (non-hydrogen) atoms. The molecule has 1 aliphatic rings. The molecule has 1 saturated heterocycles. The van der Waals surface area contributed by atoms with Crippen LogP contribution in [0.3, 0.4) is 0 Å². The van der Waals surface area contributed by atoms with Crippen LogP contribution in [0.1, 0.15) is 41.3 Å². The highest BCUT2D eigenvalue weighted by atomic mass is 16.6. The Hall–Kier alpha value is -6.29. The Morgan fingerprint density at radius 2 is 1.56 bits per heavy atom. The third-order valence-electron chi connectivity index (χ3n) is 9.18. The van der Waals surface area contributed by atoms with Gasteiger partial charge in [-0.3, -0.25) is 24.5 Å². The molecule has 286 valence electrons. The molecule has 0 bridgehead atoms. The maximum atomic E-state index is 12.6. The van der Waals surface area contributed by atoms with E-state index in [1.54, 1.807) is 14.0 Å². The lowest BCUT2D eigenvalue weighted by atomic mass is 9.80. The minimum atomic E-state index is -1.20. The van der Waals surface area contributed by atoms with Gasteiger partial charge in [0.25, 0.3) is 11.2 Å². The van der Waals surface area contributed by atoms with Crippen molar-refractivity contribution in [2.24, 2.45) is 0 Å². The van der Waals surface area contributed by atoms with E-state index in [1.807, 2.05) is 78.9 Å². The number of aliphatic hydroxyl groups is 1. The number of nitro benzene ring substituents is 1. The zero-order valence-corrected chi connectivity index (χ0v) is 30.1. The van der Waals surface area contributed by atoms with Gasteiger partial charge in [-0.05, 0) is 66.4 Å². The summed E-state index contributed by atoms with van der Waals surface area (Å²) in [4.78, 5) is 49.3. The van der Waals surface area contributed by atoms with Crippen molar-refractivity contribution in [3.63, 3.8) is 0 Å². The molecule has 4 aromatic carbocycles. The minimum Gasteiger partial charge on any atom is -0.497 e. The standard InChI is InChI=1S/C40H40N4O11/c1-26-24-43(38(47)42-37(26)46)36-23-34(45)35(55-36)25-53-40(27-7-4-3-5-8-27,28-9-15-31(51-2)16-10-28)29-11-17-32(18-12-29)52-22-6-21-41-39(48)54-33-19-13-30(14-20-33)44(49)50/h3-5,7-20,24,34-36,45H,6,21-23,25H2,1-2H3,(H,41,48)(H,42,46,47)/t34-,35-,36-,40?/m1/s1. The van der Waals surface area contributed by atoms with E-state index in [1.165, 1.54) is 35.0 Å². The third-order valence-corrected chi connectivity index (χ3v) is 9.18. The number of ether oxygens (including phenoxy) is 5. The van der Waals surface area contributed by atoms with Gasteiger partial charge in [-0.15, -0.1) is 0 Å². The number of rotatable bonds is 15. The number of amides is 1. The van der Waals surface area contributed by atoms with E-state index in [0.29, 0.717) is 23.5 Å². The van der Waals surface area contributed by atoms with Crippen LogP contribution >= 0.6 is 0 Å². The lowest BCUT2D eigenvalue weighted by Gasteiger charge is -2.37. The summed E-state index contributed by atoms with van der Waals surface area (Å²) in [6.07, 6.45) is -1.28. The third kappa shape index (κ3) is 8.92. The van der Waals surface area contributed by atoms with Gasteiger partial charge in [-0.25, -0.2) is 9.59 Å². The number of carbonyl (C=O) groups excluding carboxylic acids is 1. The summed E-state index contributed by atoms with van der Waals surface area (Å²) in [6.45, 7) is 2.07. The van der Waals surface area contributed by atoms with Crippen LogP contribution in [-0.2, 0) is 15.1 Å². The molecule has 4 atom stereocenters. The van der Waals surface area contributed by atoms with Gasteiger partial charge in [-0.1, -0.05) is 54.6 Å². The van der Waals surface area contributed by atoms with E-state index < -0.39 is 46.3 Å². The van der Waals surface area contributed by atoms with Crippen LogP contribution in [0.2, 0.25) is 0 Å². The predicted octanol–water partition coefficient (Wildman–Crippen LogP) is 4.98. The van der Waals surface area contributed by atoms with Crippen LogP contribution in [0.25, 0.3) is 0 Å². The Bertz CT molecular complexity index is 2190. The van der Waals surface area contributed by atoms with Gasteiger partial charge < -0.3 is 34.1 Å². The second-order valence-electron chi connectivity index (χ2n) is 12.8. The predicted molar refractivity (Wildman–Crippen MR) is 200 cm³/mol. The summed E-state index contributed by atoms with van der Waals surface area (Å²) in [5.41, 5.74) is 0.242. The normalized spacial score (nSPS) is 17.5. The lowest BCUT2D eigenvalue weighted by Crippen LogP contribution is -2.38. The van der Waals surface area contributed by atoms with Crippen LogP contribution in [0, 0.1) is 17.0 Å². The monoisotopic (exact) mass is 752 g/mol. The van der Waals surface area contributed by atoms with Crippen LogP contribution in [-0.4, -0.2) is 64.8 Å². The Labute approximate surface area is 315 Å². The zero-order chi connectivity index (χ0) is 39.0. The van der Waals surface area contributed by atoms with E-state index in [-0.39, 0.29) is 37.6 Å². The van der Waals surface area contributed by atoms with Crippen molar-refractivity contribution < 1.29 is 38.5 Å². The largest absolute Gasteiger partial charge is 0.497 e. The molecule has 6 rings (SSSR count). The van der Waals surface area contributed by atoms with Gasteiger partial charge in [0, 0.05) is 36.9 Å². The first-order chi connectivity index (χ1) is 26.6. The number of nitro groups is 1. The number of aliphatic hydroxyl groups excluding tert-OH is 1. The van der Waals surface area contributed by atoms with Crippen molar-refractivity contribution >= 4 is 11.8 Å². The summed E-state index contributed by atoms with van der Waals surface area (Å²) in [5, 5.41) is 24.6.